The maximum Gasteiger partial charge on any atom is 0.224 e. The molecule has 26 heavy (non-hydrogen) atoms. The minimum absolute atomic E-state index is 0.00858. The van der Waals surface area contributed by atoms with Gasteiger partial charge in [-0.05, 0) is 39.0 Å². The predicted octanol–water partition coefficient (Wildman–Crippen LogP) is 2.84. The molecule has 0 fully saturated rings. The molecule has 0 atom stereocenters. The second kappa shape index (κ2) is 6.21. The zero-order valence-corrected chi connectivity index (χ0v) is 15.0. The standard InChI is InChI=1S/C18H18N6O2/c1-10(2)26-18-12(6-5-9-19-18)16-20-11(3)15-23-22-13-7-8-14(25-4)21-17(13)24(15)16/h5-10H,1-4H3. The number of hydrogen-bond acceptors (Lipinski definition) is 7. The molecule has 4 aromatic heterocycles. The third-order valence-corrected chi connectivity index (χ3v) is 3.88. The van der Waals surface area contributed by atoms with Crippen molar-refractivity contribution in [3.8, 4) is 23.1 Å². The highest BCUT2D eigenvalue weighted by Crippen LogP contribution is 2.30. The number of aryl methyl sites for hydroxylation is 1. The first-order valence-electron chi connectivity index (χ1n) is 8.27. The number of imidazole rings is 1. The largest absolute Gasteiger partial charge is 0.481 e. The van der Waals surface area contributed by atoms with Crippen molar-refractivity contribution in [2.75, 3.05) is 7.11 Å². The maximum atomic E-state index is 5.87. The molecular formula is C18H18N6O2. The van der Waals surface area contributed by atoms with Crippen LogP contribution in [-0.2, 0) is 0 Å². The van der Waals surface area contributed by atoms with Crippen LogP contribution in [-0.4, -0.2) is 42.8 Å². The van der Waals surface area contributed by atoms with E-state index in [4.69, 9.17) is 14.5 Å². The fourth-order valence-electron chi connectivity index (χ4n) is 2.78. The second-order valence-electron chi connectivity index (χ2n) is 6.10. The van der Waals surface area contributed by atoms with Crippen LogP contribution < -0.4 is 9.47 Å². The summed E-state index contributed by atoms with van der Waals surface area (Å²) in [6, 6.07) is 7.35. The van der Waals surface area contributed by atoms with Crippen molar-refractivity contribution < 1.29 is 9.47 Å². The normalized spacial score (nSPS) is 11.4. The molecule has 0 saturated heterocycles. The molecule has 0 aliphatic rings. The minimum atomic E-state index is -0.00858. The summed E-state index contributed by atoms with van der Waals surface area (Å²) in [4.78, 5) is 13.6. The van der Waals surface area contributed by atoms with E-state index in [-0.39, 0.29) is 6.10 Å². The molecule has 0 spiro atoms. The van der Waals surface area contributed by atoms with Crippen molar-refractivity contribution in [3.05, 3.63) is 36.2 Å². The van der Waals surface area contributed by atoms with E-state index < -0.39 is 0 Å². The minimum Gasteiger partial charge on any atom is -0.481 e. The fourth-order valence-corrected chi connectivity index (χ4v) is 2.78. The molecule has 0 N–H and O–H groups in total. The van der Waals surface area contributed by atoms with Gasteiger partial charge in [0.1, 0.15) is 5.52 Å². The summed E-state index contributed by atoms with van der Waals surface area (Å²) in [6.07, 6.45) is 1.69. The van der Waals surface area contributed by atoms with Crippen molar-refractivity contribution in [3.63, 3.8) is 0 Å². The number of fused-ring (bicyclic) bond motifs is 3. The van der Waals surface area contributed by atoms with E-state index in [1.807, 2.05) is 43.4 Å². The van der Waals surface area contributed by atoms with E-state index in [1.165, 1.54) is 0 Å². The highest BCUT2D eigenvalue weighted by molar-refractivity contribution is 5.78. The average Bonchev–Trinajstić information content (AvgIpc) is 2.98. The summed E-state index contributed by atoms with van der Waals surface area (Å²) in [7, 11) is 1.58. The Morgan fingerprint density at radius 3 is 2.65 bits per heavy atom. The van der Waals surface area contributed by atoms with Crippen LogP contribution in [0.1, 0.15) is 19.5 Å². The van der Waals surface area contributed by atoms with Gasteiger partial charge in [-0.15, -0.1) is 10.2 Å². The molecule has 0 aliphatic carbocycles. The average molecular weight is 350 g/mol. The van der Waals surface area contributed by atoms with Gasteiger partial charge in [0.15, 0.2) is 17.1 Å². The van der Waals surface area contributed by atoms with E-state index in [0.717, 1.165) is 11.3 Å². The molecule has 132 valence electrons. The summed E-state index contributed by atoms with van der Waals surface area (Å²) >= 11 is 0. The Labute approximate surface area is 149 Å². The van der Waals surface area contributed by atoms with E-state index in [0.29, 0.717) is 34.4 Å². The molecule has 8 heteroatoms. The molecule has 0 aromatic carbocycles. The van der Waals surface area contributed by atoms with Crippen LogP contribution in [0.25, 0.3) is 28.2 Å². The third-order valence-electron chi connectivity index (χ3n) is 3.88. The van der Waals surface area contributed by atoms with Gasteiger partial charge in [0.2, 0.25) is 11.8 Å². The molecule has 0 bridgehead atoms. The monoisotopic (exact) mass is 350 g/mol. The quantitative estimate of drug-likeness (QED) is 0.559. The SMILES string of the molecule is COc1ccc2nnc3c(C)nc(-c4cccnc4OC(C)C)n3c2n1. The van der Waals surface area contributed by atoms with Gasteiger partial charge in [0, 0.05) is 12.3 Å². The first-order valence-corrected chi connectivity index (χ1v) is 8.27. The van der Waals surface area contributed by atoms with Crippen molar-refractivity contribution in [2.45, 2.75) is 26.9 Å². The van der Waals surface area contributed by atoms with E-state index >= 15 is 0 Å². The number of nitrogens with zero attached hydrogens (tertiary/aromatic N) is 6. The third kappa shape index (κ3) is 2.59. The highest BCUT2D eigenvalue weighted by Gasteiger charge is 2.20. The molecule has 4 heterocycles. The molecule has 0 amide bonds. The Balaban J connectivity index is 2.06. The number of pyridine rings is 2. The van der Waals surface area contributed by atoms with Crippen LogP contribution in [0, 0.1) is 6.92 Å². The molecule has 8 nitrogen and oxygen atoms in total. The van der Waals surface area contributed by atoms with Gasteiger partial charge in [0.25, 0.3) is 0 Å². The summed E-state index contributed by atoms with van der Waals surface area (Å²) in [5.41, 5.74) is 3.41. The molecule has 0 radical (unpaired) electrons. The summed E-state index contributed by atoms with van der Waals surface area (Å²) in [5, 5.41) is 8.56. The van der Waals surface area contributed by atoms with Gasteiger partial charge < -0.3 is 9.47 Å². The van der Waals surface area contributed by atoms with Crippen molar-refractivity contribution in [1.82, 2.24) is 29.5 Å². The van der Waals surface area contributed by atoms with Crippen LogP contribution in [0.3, 0.4) is 0 Å². The van der Waals surface area contributed by atoms with Gasteiger partial charge in [-0.1, -0.05) is 0 Å². The Kier molecular flexibility index (Phi) is 3.87. The maximum absolute atomic E-state index is 5.87. The van der Waals surface area contributed by atoms with Gasteiger partial charge in [-0.25, -0.2) is 9.97 Å². The smallest absolute Gasteiger partial charge is 0.224 e. The first kappa shape index (κ1) is 16.2. The molecule has 0 unspecified atom stereocenters. The first-order chi connectivity index (χ1) is 12.6. The van der Waals surface area contributed by atoms with Gasteiger partial charge in [-0.2, -0.15) is 4.98 Å². The Bertz CT molecular complexity index is 1110. The van der Waals surface area contributed by atoms with Crippen LogP contribution in [0.4, 0.5) is 0 Å². The lowest BCUT2D eigenvalue weighted by Crippen LogP contribution is -2.08. The van der Waals surface area contributed by atoms with E-state index in [1.54, 1.807) is 19.4 Å². The van der Waals surface area contributed by atoms with Gasteiger partial charge >= 0.3 is 0 Å². The number of ether oxygens (including phenoxy) is 2. The topological polar surface area (TPSA) is 87.3 Å². The number of hydrogen-bond donors (Lipinski definition) is 0. The zero-order chi connectivity index (χ0) is 18.3. The number of methoxy groups -OCH3 is 1. The number of aromatic nitrogens is 6. The van der Waals surface area contributed by atoms with Gasteiger partial charge in [0.05, 0.1) is 24.5 Å². The molecule has 0 saturated carbocycles. The fraction of sp³-hybridized carbons (Fsp3) is 0.278. The molecule has 0 aliphatic heterocycles. The van der Waals surface area contributed by atoms with Crippen LogP contribution in [0.2, 0.25) is 0 Å². The van der Waals surface area contributed by atoms with Crippen LogP contribution >= 0.6 is 0 Å². The van der Waals surface area contributed by atoms with E-state index in [9.17, 15) is 0 Å². The van der Waals surface area contributed by atoms with Crippen molar-refractivity contribution in [1.29, 1.82) is 0 Å². The molecular weight excluding hydrogens is 332 g/mol. The van der Waals surface area contributed by atoms with Crippen LogP contribution in [0.5, 0.6) is 11.8 Å². The lowest BCUT2D eigenvalue weighted by molar-refractivity contribution is 0.233. The second-order valence-corrected chi connectivity index (χ2v) is 6.10. The lowest BCUT2D eigenvalue weighted by atomic mass is 10.2. The lowest BCUT2D eigenvalue weighted by Gasteiger charge is -2.12. The summed E-state index contributed by atoms with van der Waals surface area (Å²) in [6.45, 7) is 5.81. The molecule has 4 aromatic rings. The van der Waals surface area contributed by atoms with Gasteiger partial charge in [-0.3, -0.25) is 4.40 Å². The zero-order valence-electron chi connectivity index (χ0n) is 15.0. The number of rotatable bonds is 4. The van der Waals surface area contributed by atoms with Crippen molar-refractivity contribution >= 4 is 16.8 Å². The Morgan fingerprint density at radius 1 is 1.04 bits per heavy atom. The predicted molar refractivity (Wildman–Crippen MR) is 96.4 cm³/mol. The summed E-state index contributed by atoms with van der Waals surface area (Å²) < 4.78 is 13.0. The van der Waals surface area contributed by atoms with Crippen LogP contribution in [0.15, 0.2) is 30.5 Å². The molecule has 4 rings (SSSR count). The highest BCUT2D eigenvalue weighted by atomic mass is 16.5. The van der Waals surface area contributed by atoms with Crippen molar-refractivity contribution in [2.24, 2.45) is 0 Å². The Morgan fingerprint density at radius 2 is 1.88 bits per heavy atom. The van der Waals surface area contributed by atoms with E-state index in [2.05, 4.69) is 20.2 Å². The summed E-state index contributed by atoms with van der Waals surface area (Å²) in [5.74, 6) is 1.66. The Hall–Kier alpha value is -3.29.